The number of benzene rings is 2. The number of hydrogen-bond donors (Lipinski definition) is 0. The summed E-state index contributed by atoms with van der Waals surface area (Å²) >= 11 is 0. The molecule has 1 aliphatic heterocycles. The molecule has 5 nitrogen and oxygen atoms in total. The predicted molar refractivity (Wildman–Crippen MR) is 91.8 cm³/mol. The van der Waals surface area contributed by atoms with Crippen molar-refractivity contribution in [2.75, 3.05) is 26.2 Å². The Morgan fingerprint density at radius 1 is 0.962 bits per heavy atom. The molecule has 0 radical (unpaired) electrons. The Kier molecular flexibility index (Phi) is 5.33. The lowest BCUT2D eigenvalue weighted by Crippen LogP contribution is -2.51. The summed E-state index contributed by atoms with van der Waals surface area (Å²) in [4.78, 5) is 13.5. The van der Waals surface area contributed by atoms with Crippen LogP contribution in [-0.2, 0) is 21.2 Å². The molecule has 0 spiro atoms. The van der Waals surface area contributed by atoms with Crippen molar-refractivity contribution in [1.82, 2.24) is 9.21 Å². The highest BCUT2D eigenvalue weighted by Crippen LogP contribution is 2.20. The molecule has 0 saturated carbocycles. The number of halogens is 2. The van der Waals surface area contributed by atoms with Crippen LogP contribution in [0.4, 0.5) is 8.78 Å². The number of amides is 1. The second-order valence-electron chi connectivity index (χ2n) is 6.02. The lowest BCUT2D eigenvalue weighted by molar-refractivity contribution is -0.131. The fourth-order valence-electron chi connectivity index (χ4n) is 2.90. The van der Waals surface area contributed by atoms with Gasteiger partial charge in [-0.2, -0.15) is 4.31 Å². The van der Waals surface area contributed by atoms with Crippen LogP contribution in [0.3, 0.4) is 0 Å². The minimum atomic E-state index is -3.94. The predicted octanol–water partition coefficient (Wildman–Crippen LogP) is 2.04. The molecule has 8 heteroatoms. The number of carbonyl (C=O) groups is 1. The highest BCUT2D eigenvalue weighted by molar-refractivity contribution is 7.89. The van der Waals surface area contributed by atoms with E-state index in [0.717, 1.165) is 6.07 Å². The summed E-state index contributed by atoms with van der Waals surface area (Å²) < 4.78 is 53.3. The highest BCUT2D eigenvalue weighted by atomic mass is 32.2. The third-order valence-corrected chi connectivity index (χ3v) is 6.22. The van der Waals surface area contributed by atoms with E-state index in [1.54, 1.807) is 6.07 Å². The molecule has 0 bridgehead atoms. The monoisotopic (exact) mass is 380 g/mol. The van der Waals surface area contributed by atoms with E-state index in [1.807, 2.05) is 0 Å². The maximum atomic E-state index is 13.8. The molecule has 0 unspecified atom stereocenters. The second-order valence-corrected chi connectivity index (χ2v) is 7.93. The molecule has 0 aromatic heterocycles. The van der Waals surface area contributed by atoms with Crippen molar-refractivity contribution in [3.63, 3.8) is 0 Å². The van der Waals surface area contributed by atoms with Gasteiger partial charge in [-0.1, -0.05) is 24.3 Å². The van der Waals surface area contributed by atoms with Crippen LogP contribution in [0, 0.1) is 11.6 Å². The van der Waals surface area contributed by atoms with Crippen molar-refractivity contribution >= 4 is 15.9 Å². The maximum Gasteiger partial charge on any atom is 0.246 e. The van der Waals surface area contributed by atoms with Crippen LogP contribution in [0.2, 0.25) is 0 Å². The van der Waals surface area contributed by atoms with Gasteiger partial charge in [0, 0.05) is 26.2 Å². The van der Waals surface area contributed by atoms with Gasteiger partial charge in [0.2, 0.25) is 15.9 Å². The minimum Gasteiger partial charge on any atom is -0.340 e. The Balaban J connectivity index is 1.64. The van der Waals surface area contributed by atoms with Crippen molar-refractivity contribution < 1.29 is 22.0 Å². The van der Waals surface area contributed by atoms with E-state index >= 15 is 0 Å². The van der Waals surface area contributed by atoms with Gasteiger partial charge in [0.25, 0.3) is 0 Å². The maximum absolute atomic E-state index is 13.8. The van der Waals surface area contributed by atoms with Gasteiger partial charge < -0.3 is 4.90 Å². The van der Waals surface area contributed by atoms with Gasteiger partial charge in [-0.25, -0.2) is 17.2 Å². The van der Waals surface area contributed by atoms with Crippen molar-refractivity contribution in [3.8, 4) is 0 Å². The van der Waals surface area contributed by atoms with E-state index < -0.39 is 21.7 Å². The smallest absolute Gasteiger partial charge is 0.246 e. The third-order valence-electron chi connectivity index (χ3n) is 4.29. The average Bonchev–Trinajstić information content (AvgIpc) is 2.62. The average molecular weight is 380 g/mol. The van der Waals surface area contributed by atoms with E-state index in [1.165, 1.54) is 45.6 Å². The zero-order valence-corrected chi connectivity index (χ0v) is 14.8. The molecule has 26 heavy (non-hydrogen) atoms. The van der Waals surface area contributed by atoms with E-state index in [0.29, 0.717) is 5.56 Å². The zero-order valence-electron chi connectivity index (χ0n) is 13.9. The molecule has 0 atom stereocenters. The third kappa shape index (κ3) is 3.91. The van der Waals surface area contributed by atoms with Gasteiger partial charge >= 0.3 is 0 Å². The van der Waals surface area contributed by atoms with Gasteiger partial charge in [-0.15, -0.1) is 0 Å². The van der Waals surface area contributed by atoms with Crippen molar-refractivity contribution in [2.45, 2.75) is 11.3 Å². The molecule has 0 aliphatic carbocycles. The topological polar surface area (TPSA) is 57.7 Å². The molecule has 1 amide bonds. The zero-order chi connectivity index (χ0) is 18.7. The number of hydrogen-bond acceptors (Lipinski definition) is 3. The molecule has 2 aromatic carbocycles. The first-order valence-corrected chi connectivity index (χ1v) is 9.59. The molecule has 1 heterocycles. The second kappa shape index (κ2) is 7.51. The molecule has 1 saturated heterocycles. The summed E-state index contributed by atoms with van der Waals surface area (Å²) in [5, 5.41) is 0. The summed E-state index contributed by atoms with van der Waals surface area (Å²) in [6, 6.07) is 11.0. The van der Waals surface area contributed by atoms with Crippen LogP contribution in [0.1, 0.15) is 5.56 Å². The van der Waals surface area contributed by atoms with Crippen LogP contribution in [0.25, 0.3) is 0 Å². The lowest BCUT2D eigenvalue weighted by Gasteiger charge is -2.34. The lowest BCUT2D eigenvalue weighted by atomic mass is 10.1. The normalized spacial score (nSPS) is 15.8. The van der Waals surface area contributed by atoms with Crippen LogP contribution in [-0.4, -0.2) is 49.7 Å². The van der Waals surface area contributed by atoms with Gasteiger partial charge in [0.05, 0.1) is 6.42 Å². The SMILES string of the molecule is O=C(Cc1cccc(F)c1)N1CCN(S(=O)(=O)c2ccccc2F)CC1. The fraction of sp³-hybridized carbons (Fsp3) is 0.278. The number of piperazine rings is 1. The molecule has 1 aliphatic rings. The minimum absolute atomic E-state index is 0.0534. The number of sulfonamides is 1. The van der Waals surface area contributed by atoms with Crippen LogP contribution >= 0.6 is 0 Å². The van der Waals surface area contributed by atoms with Gasteiger partial charge in [-0.05, 0) is 29.8 Å². The summed E-state index contributed by atoms with van der Waals surface area (Å²) in [6.45, 7) is 0.598. The van der Waals surface area contributed by atoms with Crippen molar-refractivity contribution in [3.05, 3.63) is 65.7 Å². The van der Waals surface area contributed by atoms with E-state index in [2.05, 4.69) is 0 Å². The van der Waals surface area contributed by atoms with Crippen LogP contribution in [0.15, 0.2) is 53.4 Å². The Morgan fingerprint density at radius 3 is 2.31 bits per heavy atom. The molecular weight excluding hydrogens is 362 g/mol. The Bertz CT molecular complexity index is 910. The number of nitrogens with zero attached hydrogens (tertiary/aromatic N) is 2. The standard InChI is InChI=1S/C18H18F2N2O3S/c19-15-5-3-4-14(12-15)13-18(23)21-8-10-22(11-9-21)26(24,25)17-7-2-1-6-16(17)20/h1-7,12H,8-11,13H2. The Morgan fingerprint density at radius 2 is 1.65 bits per heavy atom. The largest absolute Gasteiger partial charge is 0.340 e. The molecule has 2 aromatic rings. The molecular formula is C18H18F2N2O3S. The van der Waals surface area contributed by atoms with Gasteiger partial charge in [-0.3, -0.25) is 4.79 Å². The molecule has 138 valence electrons. The first-order valence-electron chi connectivity index (χ1n) is 8.15. The van der Waals surface area contributed by atoms with Crippen molar-refractivity contribution in [1.29, 1.82) is 0 Å². The van der Waals surface area contributed by atoms with Gasteiger partial charge in [0.1, 0.15) is 16.5 Å². The van der Waals surface area contributed by atoms with E-state index in [-0.39, 0.29) is 43.4 Å². The first-order chi connectivity index (χ1) is 12.4. The number of rotatable bonds is 4. The summed E-state index contributed by atoms with van der Waals surface area (Å²) in [7, 11) is -3.94. The summed E-state index contributed by atoms with van der Waals surface area (Å²) in [6.07, 6.45) is 0.0534. The van der Waals surface area contributed by atoms with E-state index in [9.17, 15) is 22.0 Å². The highest BCUT2D eigenvalue weighted by Gasteiger charge is 2.31. The quantitative estimate of drug-likeness (QED) is 0.816. The van der Waals surface area contributed by atoms with Crippen LogP contribution in [0.5, 0.6) is 0 Å². The Hall–Kier alpha value is -2.32. The van der Waals surface area contributed by atoms with Crippen molar-refractivity contribution in [2.24, 2.45) is 0 Å². The number of carbonyl (C=O) groups excluding carboxylic acids is 1. The molecule has 0 N–H and O–H groups in total. The van der Waals surface area contributed by atoms with Crippen LogP contribution < -0.4 is 0 Å². The summed E-state index contributed by atoms with van der Waals surface area (Å²) in [5.74, 6) is -1.40. The Labute approximate surface area is 150 Å². The first kappa shape index (κ1) is 18.5. The molecule has 3 rings (SSSR count). The van der Waals surface area contributed by atoms with Gasteiger partial charge in [0.15, 0.2) is 0 Å². The molecule has 1 fully saturated rings. The fourth-order valence-corrected chi connectivity index (χ4v) is 4.39. The van der Waals surface area contributed by atoms with E-state index in [4.69, 9.17) is 0 Å². The summed E-state index contributed by atoms with van der Waals surface area (Å²) in [5.41, 5.74) is 0.566.